The number of fused-ring (bicyclic) bond motifs is 1. The Morgan fingerprint density at radius 3 is 2.80 bits per heavy atom. The molecular weight excluding hydrogens is 402 g/mol. The molecule has 1 aliphatic rings. The molecule has 0 aromatic carbocycles. The van der Waals surface area contributed by atoms with Crippen LogP contribution in [0.4, 0.5) is 10.6 Å². The van der Waals surface area contributed by atoms with E-state index in [-0.39, 0.29) is 0 Å². The summed E-state index contributed by atoms with van der Waals surface area (Å²) in [4.78, 5) is 25.6. The van der Waals surface area contributed by atoms with E-state index in [2.05, 4.69) is 30.7 Å². The van der Waals surface area contributed by atoms with E-state index in [4.69, 9.17) is 17.0 Å². The Morgan fingerprint density at radius 2 is 2.07 bits per heavy atom. The van der Waals surface area contributed by atoms with Gasteiger partial charge in [-0.15, -0.1) is 0 Å². The molecule has 2 N–H and O–H groups in total. The molecule has 1 aliphatic carbocycles. The largest absolute Gasteiger partial charge is 0.442 e. The molecule has 4 rings (SSSR count). The van der Waals surface area contributed by atoms with E-state index in [0.29, 0.717) is 33.4 Å². The zero-order valence-corrected chi connectivity index (χ0v) is 17.9. The van der Waals surface area contributed by atoms with Gasteiger partial charge in [0.05, 0.1) is 18.1 Å². The molecule has 0 atom stereocenters. The van der Waals surface area contributed by atoms with Crippen molar-refractivity contribution >= 4 is 40.4 Å². The maximum Gasteiger partial charge on any atom is 0.435 e. The lowest BCUT2D eigenvalue weighted by molar-refractivity contribution is 0.0514. The number of aromatic nitrogens is 5. The Bertz CT molecular complexity index is 1100. The normalized spacial score (nSPS) is 13.8. The molecule has 10 heteroatoms. The lowest BCUT2D eigenvalue weighted by atomic mass is 10.2. The lowest BCUT2D eigenvalue weighted by Crippen LogP contribution is -2.30. The minimum atomic E-state index is -0.604. The molecule has 9 nitrogen and oxygen atoms in total. The van der Waals surface area contributed by atoms with E-state index >= 15 is 0 Å². The summed E-state index contributed by atoms with van der Waals surface area (Å²) in [6, 6.07) is 3.64. The van der Waals surface area contributed by atoms with E-state index < -0.39 is 11.7 Å². The van der Waals surface area contributed by atoms with Gasteiger partial charge in [0.25, 0.3) is 0 Å². The molecule has 1 fully saturated rings. The van der Waals surface area contributed by atoms with Gasteiger partial charge in [0, 0.05) is 18.3 Å². The van der Waals surface area contributed by atoms with Crippen LogP contribution in [-0.2, 0) is 4.74 Å². The highest BCUT2D eigenvalue weighted by Crippen LogP contribution is 2.27. The molecule has 0 radical (unpaired) electrons. The van der Waals surface area contributed by atoms with Gasteiger partial charge in [-0.2, -0.15) is 9.78 Å². The van der Waals surface area contributed by atoms with Gasteiger partial charge in [-0.3, -0.25) is 4.98 Å². The number of carbonyl (C=O) groups is 1. The lowest BCUT2D eigenvalue weighted by Gasteiger charge is -2.18. The molecule has 0 aliphatic heterocycles. The predicted octanol–water partition coefficient (Wildman–Crippen LogP) is 3.37. The minimum absolute atomic E-state index is 0.465. The van der Waals surface area contributed by atoms with Gasteiger partial charge in [-0.1, -0.05) is 0 Å². The molecule has 0 unspecified atom stereocenters. The number of thiocarbonyl (C=S) groups is 1. The number of hydrogen-bond donors (Lipinski definition) is 2. The van der Waals surface area contributed by atoms with Crippen LogP contribution in [0.15, 0.2) is 30.7 Å². The summed E-state index contributed by atoms with van der Waals surface area (Å²) >= 11 is 5.32. The molecule has 0 saturated heterocycles. The number of pyridine rings is 1. The molecule has 3 heterocycles. The highest BCUT2D eigenvalue weighted by Gasteiger charge is 2.21. The van der Waals surface area contributed by atoms with Crippen LogP contribution in [0.3, 0.4) is 0 Å². The number of hydrogen-bond acceptors (Lipinski definition) is 7. The van der Waals surface area contributed by atoms with Crippen molar-refractivity contribution in [3.63, 3.8) is 0 Å². The third kappa shape index (κ3) is 5.07. The van der Waals surface area contributed by atoms with Gasteiger partial charge >= 0.3 is 6.09 Å². The molecule has 0 bridgehead atoms. The first kappa shape index (κ1) is 20.1. The Morgan fingerprint density at radius 1 is 1.27 bits per heavy atom. The molecular formula is C20H23N7O2S. The summed E-state index contributed by atoms with van der Waals surface area (Å²) in [5.41, 5.74) is 1.70. The fourth-order valence-electron chi connectivity index (χ4n) is 2.69. The topological polar surface area (TPSA) is 107 Å². The van der Waals surface area contributed by atoms with Crippen molar-refractivity contribution in [1.82, 2.24) is 30.0 Å². The number of anilines is 1. The Balaban J connectivity index is 1.51. The first-order valence-corrected chi connectivity index (χ1v) is 10.1. The van der Waals surface area contributed by atoms with Gasteiger partial charge in [-0.25, -0.2) is 14.8 Å². The van der Waals surface area contributed by atoms with E-state index in [1.54, 1.807) is 39.4 Å². The third-order valence-corrected chi connectivity index (χ3v) is 4.60. The number of nitrogens with zero attached hydrogens (tertiary/aromatic N) is 5. The van der Waals surface area contributed by atoms with Gasteiger partial charge in [-0.05, 0) is 63.9 Å². The standard InChI is InChI=1S/C20H23N7O2S/c1-20(2,3)29-19(28)27-11-13(9-23-27)15-10-21-14-6-7-16(25-17(14)24-15)26-18(30)22-8-12-4-5-12/h6-7,9-12H,4-5,8H2,1-3H3,(H2,22,24,25,26,30). The van der Waals surface area contributed by atoms with Crippen LogP contribution >= 0.6 is 12.2 Å². The van der Waals surface area contributed by atoms with Gasteiger partial charge < -0.3 is 15.4 Å². The third-order valence-electron chi connectivity index (χ3n) is 4.36. The molecule has 0 spiro atoms. The molecule has 3 aromatic heterocycles. The van der Waals surface area contributed by atoms with Crippen LogP contribution in [-0.4, -0.2) is 48.1 Å². The maximum absolute atomic E-state index is 12.2. The van der Waals surface area contributed by atoms with E-state index in [9.17, 15) is 4.79 Å². The second kappa shape index (κ2) is 7.94. The Hall–Kier alpha value is -3.14. The van der Waals surface area contributed by atoms with E-state index in [1.165, 1.54) is 12.8 Å². The fraction of sp³-hybridized carbons (Fsp3) is 0.400. The van der Waals surface area contributed by atoms with Gasteiger partial charge in [0.1, 0.15) is 16.9 Å². The molecule has 3 aromatic rings. The van der Waals surface area contributed by atoms with Crippen molar-refractivity contribution < 1.29 is 9.53 Å². The molecule has 1 saturated carbocycles. The summed E-state index contributed by atoms with van der Waals surface area (Å²) in [7, 11) is 0. The first-order chi connectivity index (χ1) is 14.3. The summed E-state index contributed by atoms with van der Waals surface area (Å²) in [6.45, 7) is 6.28. The van der Waals surface area contributed by atoms with Crippen LogP contribution < -0.4 is 10.6 Å². The quantitative estimate of drug-likeness (QED) is 0.608. The van der Waals surface area contributed by atoms with Crippen LogP contribution in [0.25, 0.3) is 22.4 Å². The number of rotatable bonds is 4. The van der Waals surface area contributed by atoms with Crippen LogP contribution in [0.5, 0.6) is 0 Å². The second-order valence-corrected chi connectivity index (χ2v) is 8.64. The zero-order chi connectivity index (χ0) is 21.3. The van der Waals surface area contributed by atoms with Crippen LogP contribution in [0.1, 0.15) is 33.6 Å². The SMILES string of the molecule is CC(C)(C)OC(=O)n1cc(-c2cnc3ccc(NC(=S)NCC4CC4)nc3n2)cn1. The van der Waals surface area contributed by atoms with Crippen LogP contribution in [0.2, 0.25) is 0 Å². The smallest absolute Gasteiger partial charge is 0.435 e. The van der Waals surface area contributed by atoms with Gasteiger partial charge in [0.15, 0.2) is 10.8 Å². The van der Waals surface area contributed by atoms with E-state index in [0.717, 1.165) is 17.1 Å². The van der Waals surface area contributed by atoms with E-state index in [1.807, 2.05) is 12.1 Å². The maximum atomic E-state index is 12.2. The average Bonchev–Trinajstić information content (AvgIpc) is 3.38. The summed E-state index contributed by atoms with van der Waals surface area (Å²) < 4.78 is 6.46. The zero-order valence-electron chi connectivity index (χ0n) is 17.0. The van der Waals surface area contributed by atoms with Crippen LogP contribution in [0, 0.1) is 5.92 Å². The number of nitrogens with one attached hydrogen (secondary N) is 2. The summed E-state index contributed by atoms with van der Waals surface area (Å²) in [5.74, 6) is 1.32. The van der Waals surface area contributed by atoms with Crippen molar-refractivity contribution in [1.29, 1.82) is 0 Å². The van der Waals surface area contributed by atoms with Gasteiger partial charge in [0.2, 0.25) is 0 Å². The average molecular weight is 426 g/mol. The Kier molecular flexibility index (Phi) is 5.33. The number of ether oxygens (including phenoxy) is 1. The summed E-state index contributed by atoms with van der Waals surface area (Å²) in [6.07, 6.45) is 6.68. The van der Waals surface area contributed by atoms with Crippen molar-refractivity contribution in [2.75, 3.05) is 11.9 Å². The first-order valence-electron chi connectivity index (χ1n) is 9.74. The predicted molar refractivity (Wildman–Crippen MR) is 117 cm³/mol. The monoisotopic (exact) mass is 425 g/mol. The summed E-state index contributed by atoms with van der Waals surface area (Å²) in [5, 5.41) is 10.9. The minimum Gasteiger partial charge on any atom is -0.442 e. The fourth-order valence-corrected chi connectivity index (χ4v) is 2.88. The molecule has 0 amide bonds. The number of carbonyl (C=O) groups excluding carboxylic acids is 1. The highest BCUT2D eigenvalue weighted by atomic mass is 32.1. The Labute approximate surface area is 179 Å². The van der Waals surface area contributed by atoms with Crippen molar-refractivity contribution in [2.24, 2.45) is 5.92 Å². The van der Waals surface area contributed by atoms with Crippen molar-refractivity contribution in [3.05, 3.63) is 30.7 Å². The highest BCUT2D eigenvalue weighted by molar-refractivity contribution is 7.80. The molecule has 30 heavy (non-hydrogen) atoms. The van der Waals surface area contributed by atoms with Crippen molar-refractivity contribution in [2.45, 2.75) is 39.2 Å². The van der Waals surface area contributed by atoms with Crippen molar-refractivity contribution in [3.8, 4) is 11.3 Å². The molecule has 156 valence electrons. The second-order valence-electron chi connectivity index (χ2n) is 8.23.